The van der Waals surface area contributed by atoms with Crippen LogP contribution in [0.3, 0.4) is 0 Å². The van der Waals surface area contributed by atoms with Crippen molar-refractivity contribution in [2.45, 2.75) is 63.1 Å². The molecule has 3 amide bonds. The van der Waals surface area contributed by atoms with Gasteiger partial charge in [-0.25, -0.2) is 0 Å². The molecule has 196 valence electrons. The molecule has 12 heteroatoms. The fourth-order valence-corrected chi connectivity index (χ4v) is 4.02. The number of rotatable bonds is 14. The third-order valence-corrected chi connectivity index (χ3v) is 5.79. The highest BCUT2D eigenvalue weighted by molar-refractivity contribution is 5.95. The summed E-state index contributed by atoms with van der Waals surface area (Å²) in [6.07, 6.45) is 2.18. The summed E-state index contributed by atoms with van der Waals surface area (Å²) >= 11 is 0. The number of aryl methyl sites for hydroxylation is 1. The fraction of sp³-hybridized carbons (Fsp3) is 0.500. The van der Waals surface area contributed by atoms with Crippen LogP contribution in [-0.4, -0.2) is 77.2 Å². The van der Waals surface area contributed by atoms with Crippen molar-refractivity contribution in [1.82, 2.24) is 15.5 Å². The quantitative estimate of drug-likeness (QED) is 0.0952. The zero-order valence-electron chi connectivity index (χ0n) is 20.1. The Kier molecular flexibility index (Phi) is 11.3. The Labute approximate surface area is 209 Å². The molecule has 0 aliphatic carbocycles. The predicted molar refractivity (Wildman–Crippen MR) is 132 cm³/mol. The molecule has 0 unspecified atom stereocenters. The number of benzene rings is 1. The molecule has 1 aliphatic rings. The first kappa shape index (κ1) is 28.3. The van der Waals surface area contributed by atoms with Gasteiger partial charge in [-0.1, -0.05) is 30.3 Å². The first-order valence-electron chi connectivity index (χ1n) is 11.9. The lowest BCUT2D eigenvalue weighted by atomic mass is 10.1. The molecule has 1 heterocycles. The lowest BCUT2D eigenvalue weighted by molar-refractivity contribution is -0.146. The molecule has 1 aliphatic heterocycles. The Morgan fingerprint density at radius 3 is 2.53 bits per heavy atom. The van der Waals surface area contributed by atoms with Gasteiger partial charge in [-0.15, -0.1) is 0 Å². The standard InChI is InChI=1S/C24H34N6O6/c25-24(26)27-12-4-8-17(15-31)28-22(35)19-9-5-13-30(19)23(36)18(14-21(33)34)29-20(32)11-10-16-6-2-1-3-7-16/h1-3,6-7,15,17-19H,4-5,8-14H2,(H,28,35)(H,29,32)(H,33,34)(H4,25,26,27)/t17-,18-,19-/m0/s1. The maximum absolute atomic E-state index is 13.2. The number of carbonyl (C=O) groups excluding carboxylic acids is 4. The molecule has 36 heavy (non-hydrogen) atoms. The van der Waals surface area contributed by atoms with Gasteiger partial charge in [-0.05, 0) is 37.7 Å². The second kappa shape index (κ2) is 14.4. The number of nitrogens with two attached hydrogens (primary N) is 2. The second-order valence-electron chi connectivity index (χ2n) is 8.59. The summed E-state index contributed by atoms with van der Waals surface area (Å²) in [5.41, 5.74) is 11.5. The third kappa shape index (κ3) is 9.35. The van der Waals surface area contributed by atoms with Crippen molar-refractivity contribution in [1.29, 1.82) is 0 Å². The van der Waals surface area contributed by atoms with Crippen LogP contribution in [0.5, 0.6) is 0 Å². The number of carboxylic acids is 1. The summed E-state index contributed by atoms with van der Waals surface area (Å²) in [7, 11) is 0. The third-order valence-electron chi connectivity index (χ3n) is 5.79. The molecule has 1 saturated heterocycles. The number of nitrogens with one attached hydrogen (secondary N) is 2. The molecule has 0 radical (unpaired) electrons. The van der Waals surface area contributed by atoms with Crippen LogP contribution >= 0.6 is 0 Å². The molecule has 1 fully saturated rings. The second-order valence-corrected chi connectivity index (χ2v) is 8.59. The first-order valence-corrected chi connectivity index (χ1v) is 11.9. The highest BCUT2D eigenvalue weighted by Crippen LogP contribution is 2.20. The lowest BCUT2D eigenvalue weighted by Gasteiger charge is -2.29. The van der Waals surface area contributed by atoms with E-state index in [4.69, 9.17) is 11.5 Å². The van der Waals surface area contributed by atoms with Crippen molar-refractivity contribution in [2.24, 2.45) is 16.5 Å². The summed E-state index contributed by atoms with van der Waals surface area (Å²) in [6, 6.07) is 6.34. The first-order chi connectivity index (χ1) is 17.2. The van der Waals surface area contributed by atoms with E-state index >= 15 is 0 Å². The van der Waals surface area contributed by atoms with Crippen molar-refractivity contribution >= 4 is 35.9 Å². The molecule has 2 rings (SSSR count). The smallest absolute Gasteiger partial charge is 0.305 e. The molecule has 0 spiro atoms. The van der Waals surface area contributed by atoms with Crippen LogP contribution in [0.4, 0.5) is 0 Å². The largest absolute Gasteiger partial charge is 0.481 e. The van der Waals surface area contributed by atoms with Crippen LogP contribution in [0, 0.1) is 0 Å². The topological polar surface area (TPSA) is 197 Å². The minimum absolute atomic E-state index is 0.0649. The normalized spacial score (nSPS) is 16.4. The summed E-state index contributed by atoms with van der Waals surface area (Å²) in [4.78, 5) is 66.5. The van der Waals surface area contributed by atoms with Crippen LogP contribution < -0.4 is 22.1 Å². The Morgan fingerprint density at radius 2 is 1.89 bits per heavy atom. The van der Waals surface area contributed by atoms with E-state index in [1.54, 1.807) is 0 Å². The van der Waals surface area contributed by atoms with Crippen LogP contribution in [0.2, 0.25) is 0 Å². The number of nitrogens with zero attached hydrogens (tertiary/aromatic N) is 2. The number of aliphatic carboxylic acids is 1. The van der Waals surface area contributed by atoms with Gasteiger partial charge in [0.1, 0.15) is 18.4 Å². The van der Waals surface area contributed by atoms with Crippen molar-refractivity contribution < 1.29 is 29.1 Å². The minimum atomic E-state index is -1.30. The number of carboxylic acid groups (broad SMARTS) is 1. The average Bonchev–Trinajstić information content (AvgIpc) is 3.34. The number of amides is 3. The molecular weight excluding hydrogens is 468 g/mol. The van der Waals surface area contributed by atoms with Crippen molar-refractivity contribution in [3.63, 3.8) is 0 Å². The van der Waals surface area contributed by atoms with Gasteiger partial charge in [0.05, 0.1) is 12.5 Å². The van der Waals surface area contributed by atoms with E-state index in [1.165, 1.54) is 4.90 Å². The molecule has 1 aromatic rings. The van der Waals surface area contributed by atoms with E-state index in [9.17, 15) is 29.1 Å². The van der Waals surface area contributed by atoms with E-state index in [1.807, 2.05) is 30.3 Å². The Bertz CT molecular complexity index is 950. The monoisotopic (exact) mass is 502 g/mol. The minimum Gasteiger partial charge on any atom is -0.481 e. The molecule has 0 saturated carbocycles. The van der Waals surface area contributed by atoms with Gasteiger partial charge >= 0.3 is 5.97 Å². The number of aldehydes is 1. The van der Waals surface area contributed by atoms with Gasteiger partial charge in [0.25, 0.3) is 0 Å². The van der Waals surface area contributed by atoms with E-state index in [2.05, 4.69) is 15.6 Å². The summed E-state index contributed by atoms with van der Waals surface area (Å²) < 4.78 is 0. The van der Waals surface area contributed by atoms with E-state index in [0.29, 0.717) is 44.9 Å². The maximum Gasteiger partial charge on any atom is 0.305 e. The number of guanidine groups is 1. The number of hydrogen-bond donors (Lipinski definition) is 5. The van der Waals surface area contributed by atoms with Gasteiger partial charge in [0, 0.05) is 19.5 Å². The van der Waals surface area contributed by atoms with Crippen LogP contribution in [0.1, 0.15) is 44.1 Å². The molecule has 12 nitrogen and oxygen atoms in total. The lowest BCUT2D eigenvalue weighted by Crippen LogP contribution is -2.55. The molecule has 1 aromatic carbocycles. The van der Waals surface area contributed by atoms with Crippen molar-refractivity contribution in [2.75, 3.05) is 13.1 Å². The molecule has 7 N–H and O–H groups in total. The van der Waals surface area contributed by atoms with Crippen molar-refractivity contribution in [3.05, 3.63) is 35.9 Å². The van der Waals surface area contributed by atoms with Crippen molar-refractivity contribution in [3.8, 4) is 0 Å². The highest BCUT2D eigenvalue weighted by Gasteiger charge is 2.38. The van der Waals surface area contributed by atoms with Crippen LogP contribution in [0.15, 0.2) is 35.3 Å². The zero-order valence-corrected chi connectivity index (χ0v) is 20.1. The molecule has 3 atom stereocenters. The van der Waals surface area contributed by atoms with Crippen LogP contribution in [0.25, 0.3) is 0 Å². The number of likely N-dealkylation sites (tertiary alicyclic amines) is 1. The number of aliphatic imine (C=N–C) groups is 1. The SMILES string of the molecule is NC(N)=NCCC[C@@H](C=O)NC(=O)[C@@H]1CCCN1C(=O)[C@H](CC(=O)O)NC(=O)CCc1ccccc1. The Morgan fingerprint density at radius 1 is 1.17 bits per heavy atom. The van der Waals surface area contributed by atoms with E-state index < -0.39 is 48.2 Å². The molecule has 0 bridgehead atoms. The fourth-order valence-electron chi connectivity index (χ4n) is 4.02. The van der Waals surface area contributed by atoms with E-state index in [0.717, 1.165) is 5.56 Å². The van der Waals surface area contributed by atoms with Gasteiger partial charge in [0.15, 0.2) is 5.96 Å². The number of hydrogen-bond acceptors (Lipinski definition) is 6. The van der Waals surface area contributed by atoms with Gasteiger partial charge in [-0.3, -0.25) is 24.2 Å². The average molecular weight is 503 g/mol. The highest BCUT2D eigenvalue weighted by atomic mass is 16.4. The summed E-state index contributed by atoms with van der Waals surface area (Å²) in [6.45, 7) is 0.542. The molecular formula is C24H34N6O6. The summed E-state index contributed by atoms with van der Waals surface area (Å²) in [5, 5.41) is 14.4. The molecule has 0 aromatic heterocycles. The van der Waals surface area contributed by atoms with Gasteiger partial charge in [0.2, 0.25) is 17.7 Å². The maximum atomic E-state index is 13.2. The van der Waals surface area contributed by atoms with Gasteiger partial charge < -0.3 is 36.9 Å². The number of carbonyl (C=O) groups is 5. The Hall–Kier alpha value is -3.96. The van der Waals surface area contributed by atoms with Gasteiger partial charge in [-0.2, -0.15) is 0 Å². The van der Waals surface area contributed by atoms with E-state index in [-0.39, 0.29) is 18.9 Å². The zero-order chi connectivity index (χ0) is 26.5. The predicted octanol–water partition coefficient (Wildman–Crippen LogP) is -0.693. The Balaban J connectivity index is 1.98. The van der Waals surface area contributed by atoms with Crippen LogP contribution in [-0.2, 0) is 30.4 Å². The summed E-state index contributed by atoms with van der Waals surface area (Å²) in [5.74, 6) is -2.92.